The lowest BCUT2D eigenvalue weighted by atomic mass is 9.79. The van der Waals surface area contributed by atoms with Gasteiger partial charge in [0.15, 0.2) is 11.4 Å². The Morgan fingerprint density at radius 1 is 1.00 bits per heavy atom. The SMILES string of the molecule is C[C@@H](C(=O)c1ccccc1)[C@@]1(O)C(=O)N(Cc2ccc(Cl)cc2)c2ccc(Cl)cc21. The van der Waals surface area contributed by atoms with Gasteiger partial charge in [0.1, 0.15) is 0 Å². The van der Waals surface area contributed by atoms with Gasteiger partial charge in [-0.1, -0.05) is 72.6 Å². The highest BCUT2D eigenvalue weighted by molar-refractivity contribution is 6.31. The first kappa shape index (κ1) is 20.6. The average Bonchev–Trinajstić information content (AvgIpc) is 2.97. The van der Waals surface area contributed by atoms with Crippen LogP contribution in [0.25, 0.3) is 0 Å². The van der Waals surface area contributed by atoms with Crippen LogP contribution in [0.3, 0.4) is 0 Å². The van der Waals surface area contributed by atoms with Crippen LogP contribution in [0, 0.1) is 5.92 Å². The highest BCUT2D eigenvalue weighted by atomic mass is 35.5. The standard InChI is InChI=1S/C24H19Cl2NO3/c1-15(22(28)17-5-3-2-4-6-17)24(30)20-13-19(26)11-12-21(20)27(23(24)29)14-16-7-9-18(25)10-8-16/h2-13,15,30H,14H2,1H3/t15-,24-/m0/s1. The first-order valence-electron chi connectivity index (χ1n) is 9.50. The molecule has 4 rings (SSSR count). The fourth-order valence-electron chi connectivity index (χ4n) is 3.87. The van der Waals surface area contributed by atoms with E-state index in [1.807, 2.05) is 12.1 Å². The number of ketones is 1. The van der Waals surface area contributed by atoms with Crippen LogP contribution in [0.2, 0.25) is 10.0 Å². The Labute approximate surface area is 184 Å². The van der Waals surface area contributed by atoms with Crippen molar-refractivity contribution in [2.24, 2.45) is 5.92 Å². The molecule has 0 saturated carbocycles. The van der Waals surface area contributed by atoms with E-state index in [-0.39, 0.29) is 12.3 Å². The van der Waals surface area contributed by atoms with E-state index in [0.717, 1.165) is 5.56 Å². The molecule has 1 aliphatic rings. The van der Waals surface area contributed by atoms with Gasteiger partial charge in [0, 0.05) is 21.2 Å². The van der Waals surface area contributed by atoms with Gasteiger partial charge in [0.25, 0.3) is 5.91 Å². The topological polar surface area (TPSA) is 57.6 Å². The van der Waals surface area contributed by atoms with Crippen LogP contribution in [0.5, 0.6) is 0 Å². The Hall–Kier alpha value is -2.66. The molecule has 152 valence electrons. The van der Waals surface area contributed by atoms with Crippen LogP contribution >= 0.6 is 23.2 Å². The minimum atomic E-state index is -2.01. The van der Waals surface area contributed by atoms with E-state index in [2.05, 4.69) is 0 Å². The molecule has 3 aromatic carbocycles. The number of amides is 1. The van der Waals surface area contributed by atoms with E-state index in [0.29, 0.717) is 26.9 Å². The molecule has 0 unspecified atom stereocenters. The number of hydrogen-bond donors (Lipinski definition) is 1. The molecule has 0 radical (unpaired) electrons. The van der Waals surface area contributed by atoms with E-state index < -0.39 is 17.4 Å². The third-order valence-corrected chi connectivity index (χ3v) is 6.05. The Bertz CT molecular complexity index is 1120. The number of Topliss-reactive ketones (excluding diaryl/α,β-unsaturated/α-hetero) is 1. The number of rotatable bonds is 5. The van der Waals surface area contributed by atoms with Crippen molar-refractivity contribution < 1.29 is 14.7 Å². The lowest BCUT2D eigenvalue weighted by Crippen LogP contribution is -2.47. The molecule has 1 N–H and O–H groups in total. The van der Waals surface area contributed by atoms with E-state index >= 15 is 0 Å². The molecule has 0 fully saturated rings. The molecule has 3 aromatic rings. The zero-order valence-electron chi connectivity index (χ0n) is 16.2. The van der Waals surface area contributed by atoms with Crippen molar-refractivity contribution in [1.82, 2.24) is 0 Å². The maximum atomic E-state index is 13.5. The van der Waals surface area contributed by atoms with Gasteiger partial charge in [-0.25, -0.2) is 0 Å². The van der Waals surface area contributed by atoms with Gasteiger partial charge in [-0.05, 0) is 35.9 Å². The largest absolute Gasteiger partial charge is 0.375 e. The summed E-state index contributed by atoms with van der Waals surface area (Å²) in [6, 6.07) is 20.7. The molecule has 0 aromatic heterocycles. The molecule has 1 heterocycles. The molecule has 0 saturated heterocycles. The summed E-state index contributed by atoms with van der Waals surface area (Å²) in [6.07, 6.45) is 0. The van der Waals surface area contributed by atoms with Gasteiger partial charge in [-0.15, -0.1) is 0 Å². The first-order valence-corrected chi connectivity index (χ1v) is 10.3. The summed E-state index contributed by atoms with van der Waals surface area (Å²) >= 11 is 12.1. The van der Waals surface area contributed by atoms with Crippen LogP contribution in [0.4, 0.5) is 5.69 Å². The molecular weight excluding hydrogens is 421 g/mol. The lowest BCUT2D eigenvalue weighted by Gasteiger charge is -2.28. The second-order valence-electron chi connectivity index (χ2n) is 7.40. The fourth-order valence-corrected chi connectivity index (χ4v) is 4.17. The third-order valence-electron chi connectivity index (χ3n) is 5.56. The number of benzene rings is 3. The smallest absolute Gasteiger partial charge is 0.264 e. The Kier molecular flexibility index (Phi) is 5.41. The van der Waals surface area contributed by atoms with E-state index in [4.69, 9.17) is 23.2 Å². The summed E-state index contributed by atoms with van der Waals surface area (Å²) in [5.41, 5.74) is 0.144. The van der Waals surface area contributed by atoms with Crippen molar-refractivity contribution in [3.63, 3.8) is 0 Å². The summed E-state index contributed by atoms with van der Waals surface area (Å²) in [4.78, 5) is 28.1. The van der Waals surface area contributed by atoms with E-state index in [1.54, 1.807) is 67.6 Å². The number of halogens is 2. The minimum absolute atomic E-state index is 0.235. The van der Waals surface area contributed by atoms with Crippen LogP contribution in [-0.2, 0) is 16.9 Å². The molecule has 0 bridgehead atoms. The summed E-state index contributed by atoms with van der Waals surface area (Å²) in [5.74, 6) is -1.86. The summed E-state index contributed by atoms with van der Waals surface area (Å²) in [7, 11) is 0. The van der Waals surface area contributed by atoms with Gasteiger partial charge < -0.3 is 10.0 Å². The molecule has 0 spiro atoms. The number of aliphatic hydroxyl groups is 1. The summed E-state index contributed by atoms with van der Waals surface area (Å²) < 4.78 is 0. The number of carbonyl (C=O) groups excluding carboxylic acids is 2. The van der Waals surface area contributed by atoms with Crippen LogP contribution < -0.4 is 4.90 Å². The van der Waals surface area contributed by atoms with Crippen molar-refractivity contribution >= 4 is 40.6 Å². The predicted octanol–water partition coefficient (Wildman–Crippen LogP) is 5.25. The van der Waals surface area contributed by atoms with E-state index in [1.165, 1.54) is 4.90 Å². The summed E-state index contributed by atoms with van der Waals surface area (Å²) in [6.45, 7) is 1.81. The van der Waals surface area contributed by atoms with Crippen LogP contribution in [-0.4, -0.2) is 16.8 Å². The van der Waals surface area contributed by atoms with Crippen molar-refractivity contribution in [2.75, 3.05) is 4.90 Å². The predicted molar refractivity (Wildman–Crippen MR) is 118 cm³/mol. The van der Waals surface area contributed by atoms with Crippen LogP contribution in [0.15, 0.2) is 72.8 Å². The number of fused-ring (bicyclic) bond motifs is 1. The Morgan fingerprint density at radius 3 is 2.30 bits per heavy atom. The molecule has 30 heavy (non-hydrogen) atoms. The first-order chi connectivity index (χ1) is 14.3. The molecule has 0 aliphatic carbocycles. The molecular formula is C24H19Cl2NO3. The minimum Gasteiger partial charge on any atom is -0.375 e. The van der Waals surface area contributed by atoms with E-state index in [9.17, 15) is 14.7 Å². The quantitative estimate of drug-likeness (QED) is 0.552. The number of nitrogens with zero attached hydrogens (tertiary/aromatic N) is 1. The van der Waals surface area contributed by atoms with Gasteiger partial charge >= 0.3 is 0 Å². The monoisotopic (exact) mass is 439 g/mol. The van der Waals surface area contributed by atoms with Crippen molar-refractivity contribution in [1.29, 1.82) is 0 Å². The molecule has 6 heteroatoms. The van der Waals surface area contributed by atoms with Crippen molar-refractivity contribution in [3.05, 3.63) is 99.5 Å². The number of carbonyl (C=O) groups is 2. The molecule has 4 nitrogen and oxygen atoms in total. The highest BCUT2D eigenvalue weighted by Gasteiger charge is 2.55. The molecule has 1 aliphatic heterocycles. The highest BCUT2D eigenvalue weighted by Crippen LogP contribution is 2.47. The number of hydrogen-bond acceptors (Lipinski definition) is 3. The number of anilines is 1. The second-order valence-corrected chi connectivity index (χ2v) is 8.27. The third kappa shape index (κ3) is 3.41. The Balaban J connectivity index is 1.76. The normalized spacial score (nSPS) is 18.9. The van der Waals surface area contributed by atoms with Gasteiger partial charge in [0.2, 0.25) is 0 Å². The maximum Gasteiger partial charge on any atom is 0.264 e. The molecule has 1 amide bonds. The second kappa shape index (κ2) is 7.88. The zero-order valence-corrected chi connectivity index (χ0v) is 17.7. The fraction of sp³-hybridized carbons (Fsp3) is 0.167. The van der Waals surface area contributed by atoms with Crippen molar-refractivity contribution in [3.8, 4) is 0 Å². The van der Waals surface area contributed by atoms with Crippen LogP contribution in [0.1, 0.15) is 28.4 Å². The summed E-state index contributed by atoms with van der Waals surface area (Å²) in [5, 5.41) is 12.6. The van der Waals surface area contributed by atoms with Gasteiger partial charge in [0.05, 0.1) is 18.2 Å². The lowest BCUT2D eigenvalue weighted by molar-refractivity contribution is -0.139. The zero-order chi connectivity index (χ0) is 21.5. The van der Waals surface area contributed by atoms with Gasteiger partial charge in [-0.3, -0.25) is 9.59 Å². The van der Waals surface area contributed by atoms with Gasteiger partial charge in [-0.2, -0.15) is 0 Å². The maximum absolute atomic E-state index is 13.5. The van der Waals surface area contributed by atoms with Crippen molar-refractivity contribution in [2.45, 2.75) is 19.1 Å². The average molecular weight is 440 g/mol. The molecule has 2 atom stereocenters. The Morgan fingerprint density at radius 2 is 1.63 bits per heavy atom.